The van der Waals surface area contributed by atoms with Gasteiger partial charge in [-0.25, -0.2) is 0 Å². The Bertz CT molecular complexity index is 381. The Hall–Kier alpha value is -1.65. The van der Waals surface area contributed by atoms with Crippen molar-refractivity contribution in [2.24, 2.45) is 5.92 Å². The second kappa shape index (κ2) is 6.93. The summed E-state index contributed by atoms with van der Waals surface area (Å²) in [6.45, 7) is 4.98. The second-order valence-corrected chi connectivity index (χ2v) is 4.48. The van der Waals surface area contributed by atoms with Crippen LogP contribution in [0.15, 0.2) is 6.07 Å². The Balaban J connectivity index is 2.68. The number of rotatable bonds is 7. The largest absolute Gasteiger partial charge is 0.491 e. The lowest BCUT2D eigenvalue weighted by Gasteiger charge is -2.12. The summed E-state index contributed by atoms with van der Waals surface area (Å²) < 4.78 is 15.8. The molecule has 0 bridgehead atoms. The number of nitrogens with zero attached hydrogens (tertiary/aromatic N) is 1. The Morgan fingerprint density at radius 1 is 1.22 bits per heavy atom. The molecule has 0 aliphatic heterocycles. The summed E-state index contributed by atoms with van der Waals surface area (Å²) in [6, 6.07) is 1.66. The van der Waals surface area contributed by atoms with Gasteiger partial charge in [0.1, 0.15) is 0 Å². The lowest BCUT2D eigenvalue weighted by atomic mass is 10.1. The van der Waals surface area contributed by atoms with Crippen LogP contribution in [0.5, 0.6) is 17.5 Å². The second-order valence-electron chi connectivity index (χ2n) is 4.48. The maximum atomic E-state index is 5.75. The zero-order chi connectivity index (χ0) is 13.5. The van der Waals surface area contributed by atoms with E-state index in [1.165, 1.54) is 7.11 Å². The highest BCUT2D eigenvalue weighted by Gasteiger charge is 2.12. The first-order chi connectivity index (χ1) is 8.58. The zero-order valence-electron chi connectivity index (χ0n) is 11.5. The predicted molar refractivity (Wildman–Crippen MR) is 71.3 cm³/mol. The molecule has 1 aromatic rings. The minimum absolute atomic E-state index is 0.356. The molecule has 0 radical (unpaired) electrons. The summed E-state index contributed by atoms with van der Waals surface area (Å²) in [7, 11) is 3.08. The van der Waals surface area contributed by atoms with Gasteiger partial charge in [0.15, 0.2) is 5.75 Å². The molecule has 0 unspecified atom stereocenters. The van der Waals surface area contributed by atoms with E-state index in [4.69, 9.17) is 19.9 Å². The van der Waals surface area contributed by atoms with Gasteiger partial charge in [-0.1, -0.05) is 13.8 Å². The van der Waals surface area contributed by atoms with Crippen molar-refractivity contribution < 1.29 is 14.2 Å². The van der Waals surface area contributed by atoms with Crippen LogP contribution in [0.1, 0.15) is 26.7 Å². The molecule has 5 heteroatoms. The fraction of sp³-hybridized carbons (Fsp3) is 0.615. The first-order valence-corrected chi connectivity index (χ1v) is 6.09. The Kier molecular flexibility index (Phi) is 5.55. The maximum Gasteiger partial charge on any atom is 0.260 e. The molecule has 0 aromatic carbocycles. The van der Waals surface area contributed by atoms with Crippen molar-refractivity contribution in [3.05, 3.63) is 6.07 Å². The van der Waals surface area contributed by atoms with E-state index >= 15 is 0 Å². The standard InChI is InChI=1S/C13H22N2O3/c1-9(2)6-5-7-18-13-11(16-3)8-10(14)12(15-13)17-4/h8-9H,5-7,14H2,1-4H3. The molecule has 0 spiro atoms. The van der Waals surface area contributed by atoms with Crippen LogP contribution in [0.25, 0.3) is 0 Å². The molecule has 0 fully saturated rings. The number of aromatic nitrogens is 1. The van der Waals surface area contributed by atoms with E-state index in [1.807, 2.05) is 0 Å². The number of ether oxygens (including phenoxy) is 3. The Labute approximate surface area is 108 Å². The van der Waals surface area contributed by atoms with Gasteiger partial charge >= 0.3 is 0 Å². The van der Waals surface area contributed by atoms with Crippen LogP contribution < -0.4 is 19.9 Å². The van der Waals surface area contributed by atoms with Crippen molar-refractivity contribution in [2.45, 2.75) is 26.7 Å². The highest BCUT2D eigenvalue weighted by molar-refractivity contribution is 5.55. The number of hydrogen-bond acceptors (Lipinski definition) is 5. The SMILES string of the molecule is COc1cc(N)c(OC)nc1OCCCC(C)C. The Morgan fingerprint density at radius 3 is 2.50 bits per heavy atom. The molecule has 5 nitrogen and oxygen atoms in total. The average Bonchev–Trinajstić information content (AvgIpc) is 2.35. The highest BCUT2D eigenvalue weighted by atomic mass is 16.5. The molecule has 1 aromatic heterocycles. The van der Waals surface area contributed by atoms with Crippen LogP contribution in [-0.4, -0.2) is 25.8 Å². The fourth-order valence-electron chi connectivity index (χ4n) is 1.55. The molecule has 0 saturated heterocycles. The van der Waals surface area contributed by atoms with Crippen molar-refractivity contribution in [1.29, 1.82) is 0 Å². The topological polar surface area (TPSA) is 66.6 Å². The van der Waals surface area contributed by atoms with E-state index in [2.05, 4.69) is 18.8 Å². The minimum Gasteiger partial charge on any atom is -0.491 e. The monoisotopic (exact) mass is 254 g/mol. The van der Waals surface area contributed by atoms with E-state index in [0.717, 1.165) is 12.8 Å². The third-order valence-electron chi connectivity index (χ3n) is 2.53. The van der Waals surface area contributed by atoms with Crippen LogP contribution >= 0.6 is 0 Å². The summed E-state index contributed by atoms with van der Waals surface area (Å²) in [4.78, 5) is 4.18. The van der Waals surface area contributed by atoms with Gasteiger partial charge in [-0.05, 0) is 18.8 Å². The molecule has 0 atom stereocenters. The van der Waals surface area contributed by atoms with Gasteiger partial charge < -0.3 is 19.9 Å². The van der Waals surface area contributed by atoms with Crippen molar-refractivity contribution in [3.63, 3.8) is 0 Å². The number of nitrogen functional groups attached to an aromatic ring is 1. The number of nitrogens with two attached hydrogens (primary N) is 1. The van der Waals surface area contributed by atoms with E-state index in [1.54, 1.807) is 13.2 Å². The fourth-order valence-corrected chi connectivity index (χ4v) is 1.55. The van der Waals surface area contributed by atoms with Gasteiger partial charge in [-0.3, -0.25) is 0 Å². The molecule has 0 amide bonds. The third-order valence-corrected chi connectivity index (χ3v) is 2.53. The molecule has 18 heavy (non-hydrogen) atoms. The molecule has 102 valence electrons. The van der Waals surface area contributed by atoms with Crippen LogP contribution in [0, 0.1) is 5.92 Å². The molecular formula is C13H22N2O3. The van der Waals surface area contributed by atoms with Crippen LogP contribution in [0.3, 0.4) is 0 Å². The normalized spacial score (nSPS) is 10.5. The summed E-state index contributed by atoms with van der Waals surface area (Å²) >= 11 is 0. The number of anilines is 1. The molecule has 0 saturated carbocycles. The molecule has 0 aliphatic rings. The third kappa shape index (κ3) is 3.98. The van der Waals surface area contributed by atoms with Gasteiger partial charge in [0.25, 0.3) is 5.88 Å². The van der Waals surface area contributed by atoms with E-state index in [-0.39, 0.29) is 0 Å². The Morgan fingerprint density at radius 2 is 1.94 bits per heavy atom. The van der Waals surface area contributed by atoms with Crippen molar-refractivity contribution in [2.75, 3.05) is 26.6 Å². The van der Waals surface area contributed by atoms with Gasteiger partial charge in [-0.15, -0.1) is 0 Å². The molecule has 1 rings (SSSR count). The first-order valence-electron chi connectivity index (χ1n) is 6.09. The molecular weight excluding hydrogens is 232 g/mol. The summed E-state index contributed by atoms with van der Waals surface area (Å²) in [6.07, 6.45) is 2.10. The smallest absolute Gasteiger partial charge is 0.260 e. The quantitative estimate of drug-likeness (QED) is 0.757. The van der Waals surface area contributed by atoms with Crippen LogP contribution in [-0.2, 0) is 0 Å². The van der Waals surface area contributed by atoms with E-state index in [0.29, 0.717) is 35.7 Å². The number of pyridine rings is 1. The van der Waals surface area contributed by atoms with Crippen LogP contribution in [0.4, 0.5) is 5.69 Å². The van der Waals surface area contributed by atoms with Crippen LogP contribution in [0.2, 0.25) is 0 Å². The number of hydrogen-bond donors (Lipinski definition) is 1. The van der Waals surface area contributed by atoms with E-state index in [9.17, 15) is 0 Å². The summed E-state index contributed by atoms with van der Waals surface area (Å²) in [5, 5.41) is 0. The van der Waals surface area contributed by atoms with Crippen molar-refractivity contribution in [1.82, 2.24) is 4.98 Å². The lowest BCUT2D eigenvalue weighted by molar-refractivity contribution is 0.264. The van der Waals surface area contributed by atoms with Crippen molar-refractivity contribution in [3.8, 4) is 17.5 Å². The minimum atomic E-state index is 0.356. The van der Waals surface area contributed by atoms with Gasteiger partial charge in [0.2, 0.25) is 5.88 Å². The molecule has 0 aliphatic carbocycles. The highest BCUT2D eigenvalue weighted by Crippen LogP contribution is 2.32. The van der Waals surface area contributed by atoms with Gasteiger partial charge in [-0.2, -0.15) is 4.98 Å². The summed E-state index contributed by atoms with van der Waals surface area (Å²) in [5.74, 6) is 1.98. The predicted octanol–water partition coefficient (Wildman–Crippen LogP) is 2.50. The maximum absolute atomic E-state index is 5.75. The van der Waals surface area contributed by atoms with Gasteiger partial charge in [0, 0.05) is 6.07 Å². The summed E-state index contributed by atoms with van der Waals surface area (Å²) in [5.41, 5.74) is 6.18. The lowest BCUT2D eigenvalue weighted by Crippen LogP contribution is -2.05. The molecule has 2 N–H and O–H groups in total. The molecule has 1 heterocycles. The number of methoxy groups -OCH3 is 2. The van der Waals surface area contributed by atoms with E-state index < -0.39 is 0 Å². The van der Waals surface area contributed by atoms with Crippen molar-refractivity contribution >= 4 is 5.69 Å². The van der Waals surface area contributed by atoms with Gasteiger partial charge in [0.05, 0.1) is 26.5 Å². The average molecular weight is 254 g/mol. The zero-order valence-corrected chi connectivity index (χ0v) is 11.5. The first kappa shape index (κ1) is 14.4.